The second-order valence-electron chi connectivity index (χ2n) is 7.95. The Balaban J connectivity index is 1.61. The summed E-state index contributed by atoms with van der Waals surface area (Å²) in [5.74, 6) is -0.724. The number of hydrogen-bond acceptors (Lipinski definition) is 5. The lowest BCUT2D eigenvalue weighted by atomic mass is 10.1. The summed E-state index contributed by atoms with van der Waals surface area (Å²) in [6.45, 7) is 7.29. The van der Waals surface area contributed by atoms with Crippen molar-refractivity contribution >= 4 is 17.5 Å². The molecule has 1 aromatic rings. The first-order valence-corrected chi connectivity index (χ1v) is 10.0. The molecule has 2 amide bonds. The van der Waals surface area contributed by atoms with Crippen molar-refractivity contribution in [1.82, 2.24) is 10.2 Å². The van der Waals surface area contributed by atoms with Gasteiger partial charge in [0, 0.05) is 46.6 Å². The standard InChI is InChI=1S/C21H30FN3O4/c1-13-10-24(11-14(2)29-13)19-6-5-16(7-18(19)22)9-23-21(27)20-8-17(28-4)12-25(20)15(3)26/h5-7,13-14,17,20H,8-12H2,1-4H3,(H,23,27)/t13?,14?,17-,20+/m0/s1. The van der Waals surface area contributed by atoms with Crippen molar-refractivity contribution in [2.45, 2.75) is 58.1 Å². The number of morpholine rings is 1. The molecule has 2 unspecified atom stereocenters. The minimum absolute atomic E-state index is 0.0451. The molecule has 4 atom stereocenters. The third-order valence-corrected chi connectivity index (χ3v) is 5.54. The van der Waals surface area contributed by atoms with Crippen LogP contribution in [-0.4, -0.2) is 67.8 Å². The number of nitrogens with one attached hydrogen (secondary N) is 1. The van der Waals surface area contributed by atoms with Crippen molar-refractivity contribution in [1.29, 1.82) is 0 Å². The number of rotatable bonds is 5. The summed E-state index contributed by atoms with van der Waals surface area (Å²) in [7, 11) is 1.57. The first-order chi connectivity index (χ1) is 13.8. The zero-order valence-corrected chi connectivity index (χ0v) is 17.5. The Morgan fingerprint density at radius 1 is 1.24 bits per heavy atom. The maximum atomic E-state index is 14.7. The molecule has 2 saturated heterocycles. The smallest absolute Gasteiger partial charge is 0.243 e. The fraction of sp³-hybridized carbons (Fsp3) is 0.619. The summed E-state index contributed by atoms with van der Waals surface area (Å²) in [6, 6.07) is 4.46. The van der Waals surface area contributed by atoms with Crippen molar-refractivity contribution < 1.29 is 23.5 Å². The third kappa shape index (κ3) is 5.05. The van der Waals surface area contributed by atoms with Gasteiger partial charge in [0.1, 0.15) is 11.9 Å². The number of likely N-dealkylation sites (tertiary alicyclic amines) is 1. The second-order valence-corrected chi connectivity index (χ2v) is 7.95. The Morgan fingerprint density at radius 2 is 1.93 bits per heavy atom. The summed E-state index contributed by atoms with van der Waals surface area (Å²) in [6.07, 6.45) is 0.403. The lowest BCUT2D eigenvalue weighted by molar-refractivity contribution is -0.137. The van der Waals surface area contributed by atoms with Gasteiger partial charge >= 0.3 is 0 Å². The number of ether oxygens (including phenoxy) is 2. The molecule has 2 aliphatic rings. The number of anilines is 1. The monoisotopic (exact) mass is 407 g/mol. The SMILES string of the molecule is CO[C@H]1C[C@H](C(=O)NCc2ccc(N3CC(C)OC(C)C3)c(F)c2)N(C(C)=O)C1. The molecule has 0 aromatic heterocycles. The van der Waals surface area contributed by atoms with Gasteiger partial charge in [0.2, 0.25) is 11.8 Å². The van der Waals surface area contributed by atoms with Crippen LogP contribution in [0.3, 0.4) is 0 Å². The van der Waals surface area contributed by atoms with Crippen LogP contribution in [-0.2, 0) is 25.6 Å². The zero-order chi connectivity index (χ0) is 21.1. The first kappa shape index (κ1) is 21.5. The van der Waals surface area contributed by atoms with Gasteiger partial charge in [0.15, 0.2) is 0 Å². The van der Waals surface area contributed by atoms with Crippen molar-refractivity contribution in [3.05, 3.63) is 29.6 Å². The van der Waals surface area contributed by atoms with Crippen molar-refractivity contribution in [2.75, 3.05) is 31.6 Å². The van der Waals surface area contributed by atoms with Crippen LogP contribution in [0.25, 0.3) is 0 Å². The molecule has 0 saturated carbocycles. The quantitative estimate of drug-likeness (QED) is 0.804. The molecule has 0 radical (unpaired) electrons. The molecule has 2 heterocycles. The molecule has 0 spiro atoms. The van der Waals surface area contributed by atoms with Crippen LogP contribution in [0.4, 0.5) is 10.1 Å². The minimum atomic E-state index is -0.558. The van der Waals surface area contributed by atoms with E-state index in [2.05, 4.69) is 5.32 Å². The van der Waals surface area contributed by atoms with E-state index in [1.165, 1.54) is 17.9 Å². The maximum Gasteiger partial charge on any atom is 0.243 e. The van der Waals surface area contributed by atoms with Crippen molar-refractivity contribution in [3.8, 4) is 0 Å². The van der Waals surface area contributed by atoms with E-state index < -0.39 is 6.04 Å². The van der Waals surface area contributed by atoms with E-state index in [9.17, 15) is 14.0 Å². The molecule has 0 aliphatic carbocycles. The average Bonchev–Trinajstić information content (AvgIpc) is 3.10. The highest BCUT2D eigenvalue weighted by Gasteiger charge is 2.38. The number of methoxy groups -OCH3 is 1. The molecular weight excluding hydrogens is 377 g/mol. The van der Waals surface area contributed by atoms with Crippen LogP contribution in [0, 0.1) is 5.82 Å². The predicted octanol–water partition coefficient (Wildman–Crippen LogP) is 1.69. The van der Waals surface area contributed by atoms with Crippen LogP contribution < -0.4 is 10.2 Å². The molecule has 0 bridgehead atoms. The van der Waals surface area contributed by atoms with E-state index in [0.29, 0.717) is 37.3 Å². The van der Waals surface area contributed by atoms with Gasteiger partial charge < -0.3 is 24.6 Å². The number of nitrogens with zero attached hydrogens (tertiary/aromatic N) is 2. The topological polar surface area (TPSA) is 71.1 Å². The first-order valence-electron chi connectivity index (χ1n) is 10.0. The Kier molecular flexibility index (Phi) is 6.74. The number of carbonyl (C=O) groups excluding carboxylic acids is 2. The fourth-order valence-corrected chi connectivity index (χ4v) is 4.16. The molecule has 1 N–H and O–H groups in total. The Bertz CT molecular complexity index is 749. The van der Waals surface area contributed by atoms with Gasteiger partial charge in [-0.2, -0.15) is 0 Å². The molecule has 7 nitrogen and oxygen atoms in total. The van der Waals surface area contributed by atoms with Gasteiger partial charge in [0.05, 0.1) is 24.0 Å². The van der Waals surface area contributed by atoms with E-state index in [1.807, 2.05) is 24.8 Å². The summed E-state index contributed by atoms with van der Waals surface area (Å²) in [4.78, 5) is 27.9. The van der Waals surface area contributed by atoms with Crippen LogP contribution in [0.2, 0.25) is 0 Å². The van der Waals surface area contributed by atoms with E-state index in [1.54, 1.807) is 13.2 Å². The van der Waals surface area contributed by atoms with Gasteiger partial charge in [-0.25, -0.2) is 4.39 Å². The van der Waals surface area contributed by atoms with Gasteiger partial charge in [-0.15, -0.1) is 0 Å². The maximum absolute atomic E-state index is 14.7. The summed E-state index contributed by atoms with van der Waals surface area (Å²) in [5, 5.41) is 2.82. The van der Waals surface area contributed by atoms with Gasteiger partial charge in [-0.1, -0.05) is 6.07 Å². The molecule has 2 fully saturated rings. The summed E-state index contributed by atoms with van der Waals surface area (Å²) in [5.41, 5.74) is 1.22. The van der Waals surface area contributed by atoms with E-state index in [0.717, 1.165) is 0 Å². The second kappa shape index (κ2) is 9.09. The lowest BCUT2D eigenvalue weighted by Crippen LogP contribution is -2.46. The van der Waals surface area contributed by atoms with E-state index >= 15 is 0 Å². The Hall–Kier alpha value is -2.19. The van der Waals surface area contributed by atoms with Crippen LogP contribution in [0.15, 0.2) is 18.2 Å². The molecule has 2 aliphatic heterocycles. The number of halogens is 1. The molecule has 160 valence electrons. The number of amides is 2. The summed E-state index contributed by atoms with van der Waals surface area (Å²) >= 11 is 0. The number of benzene rings is 1. The van der Waals surface area contributed by atoms with Crippen LogP contribution in [0.1, 0.15) is 32.8 Å². The van der Waals surface area contributed by atoms with Gasteiger partial charge in [-0.05, 0) is 31.5 Å². The number of carbonyl (C=O) groups is 2. The predicted molar refractivity (Wildman–Crippen MR) is 107 cm³/mol. The van der Waals surface area contributed by atoms with E-state index in [-0.39, 0.29) is 42.5 Å². The molecule has 1 aromatic carbocycles. The van der Waals surface area contributed by atoms with Crippen molar-refractivity contribution in [2.24, 2.45) is 0 Å². The normalized spacial score (nSPS) is 27.2. The van der Waals surface area contributed by atoms with Crippen LogP contribution >= 0.6 is 0 Å². The highest BCUT2D eigenvalue weighted by atomic mass is 19.1. The lowest BCUT2D eigenvalue weighted by Gasteiger charge is -2.37. The van der Waals surface area contributed by atoms with E-state index in [4.69, 9.17) is 9.47 Å². The summed E-state index contributed by atoms with van der Waals surface area (Å²) < 4.78 is 25.7. The minimum Gasteiger partial charge on any atom is -0.380 e. The highest BCUT2D eigenvalue weighted by Crippen LogP contribution is 2.25. The number of hydrogen-bond donors (Lipinski definition) is 1. The van der Waals surface area contributed by atoms with Gasteiger partial charge in [0.25, 0.3) is 0 Å². The third-order valence-electron chi connectivity index (χ3n) is 5.54. The van der Waals surface area contributed by atoms with Gasteiger partial charge in [-0.3, -0.25) is 9.59 Å². The average molecular weight is 407 g/mol. The fourth-order valence-electron chi connectivity index (χ4n) is 4.16. The molecule has 29 heavy (non-hydrogen) atoms. The Labute approximate surface area is 171 Å². The highest BCUT2D eigenvalue weighted by molar-refractivity contribution is 5.87. The Morgan fingerprint density at radius 3 is 2.52 bits per heavy atom. The molecular formula is C21H30FN3O4. The zero-order valence-electron chi connectivity index (χ0n) is 17.5. The van der Waals surface area contributed by atoms with Crippen molar-refractivity contribution in [3.63, 3.8) is 0 Å². The molecule has 3 rings (SSSR count). The van der Waals surface area contributed by atoms with Crippen LogP contribution in [0.5, 0.6) is 0 Å². The molecule has 8 heteroatoms. The largest absolute Gasteiger partial charge is 0.380 e.